The normalized spacial score (nSPS) is 10.6. The molecule has 0 spiro atoms. The molecule has 0 aromatic carbocycles. The number of aromatic nitrogens is 1. The summed E-state index contributed by atoms with van der Waals surface area (Å²) in [7, 11) is 1.82. The number of pyridine rings is 1. The molecule has 0 bridgehead atoms. The van der Waals surface area contributed by atoms with Crippen molar-refractivity contribution in [1.29, 1.82) is 5.41 Å². The maximum atomic E-state index is 8.87. The van der Waals surface area contributed by atoms with Crippen molar-refractivity contribution in [3.8, 4) is 0 Å². The van der Waals surface area contributed by atoms with Gasteiger partial charge >= 0.3 is 0 Å². The van der Waals surface area contributed by atoms with Gasteiger partial charge in [0.25, 0.3) is 0 Å². The van der Waals surface area contributed by atoms with Gasteiger partial charge in [0.2, 0.25) is 0 Å². The van der Waals surface area contributed by atoms with Gasteiger partial charge in [0.1, 0.15) is 11.5 Å². The van der Waals surface area contributed by atoms with Crippen LogP contribution in [-0.2, 0) is 0 Å². The summed E-state index contributed by atoms with van der Waals surface area (Å²) in [5.41, 5.74) is 5.46. The third kappa shape index (κ3) is 3.65. The van der Waals surface area contributed by atoms with Gasteiger partial charge in [0, 0.05) is 13.7 Å². The number of hydrazine groups is 1. The predicted molar refractivity (Wildman–Crippen MR) is 78.8 cm³/mol. The third-order valence-corrected chi connectivity index (χ3v) is 2.94. The Morgan fingerprint density at radius 1 is 1.53 bits per heavy atom. The molecule has 0 aliphatic rings. The second-order valence-electron chi connectivity index (χ2n) is 4.68. The maximum Gasteiger partial charge on any atom is 0.141 e. The van der Waals surface area contributed by atoms with Gasteiger partial charge in [-0.2, -0.15) is 0 Å². The Morgan fingerprint density at radius 2 is 2.21 bits per heavy atom. The van der Waals surface area contributed by atoms with Gasteiger partial charge in [-0.05, 0) is 30.4 Å². The number of nitrogen functional groups attached to an aromatic ring is 1. The van der Waals surface area contributed by atoms with Crippen molar-refractivity contribution in [3.05, 3.63) is 17.3 Å². The first kappa shape index (κ1) is 15.4. The lowest BCUT2D eigenvalue weighted by Gasteiger charge is -2.18. The zero-order valence-corrected chi connectivity index (χ0v) is 11.7. The van der Waals surface area contributed by atoms with Crippen LogP contribution in [0, 0.1) is 5.41 Å². The average molecular weight is 265 g/mol. The van der Waals surface area contributed by atoms with E-state index in [1.165, 1.54) is 0 Å². The van der Waals surface area contributed by atoms with Gasteiger partial charge in [0.15, 0.2) is 0 Å². The van der Waals surface area contributed by atoms with Crippen molar-refractivity contribution in [2.24, 2.45) is 5.84 Å². The van der Waals surface area contributed by atoms with Gasteiger partial charge in [0.05, 0.1) is 11.4 Å². The van der Waals surface area contributed by atoms with Crippen LogP contribution in [0.25, 0.3) is 0 Å². The fourth-order valence-corrected chi connectivity index (χ4v) is 1.95. The largest absolute Gasteiger partial charge is 0.396 e. The van der Waals surface area contributed by atoms with E-state index in [4.69, 9.17) is 16.4 Å². The number of nitrogens with one attached hydrogen (secondary N) is 3. The molecule has 0 aliphatic carbocycles. The standard InChI is InChI=1S/C13H23N5O/c1-8(2)9-7-11(18-15)17-13(12(9)16-3)10(14)5-4-6-19/h7-8,14,16,19H,4-6,15H2,1-3H3,(H,17,18). The van der Waals surface area contributed by atoms with Crippen molar-refractivity contribution in [2.75, 3.05) is 24.4 Å². The quantitative estimate of drug-likeness (QED) is 0.293. The van der Waals surface area contributed by atoms with Crippen molar-refractivity contribution < 1.29 is 5.11 Å². The van der Waals surface area contributed by atoms with Gasteiger partial charge in [-0.15, -0.1) is 0 Å². The van der Waals surface area contributed by atoms with E-state index in [0.29, 0.717) is 36.0 Å². The van der Waals surface area contributed by atoms with Crippen LogP contribution >= 0.6 is 0 Å². The van der Waals surface area contributed by atoms with E-state index in [0.717, 1.165) is 11.3 Å². The molecule has 6 heteroatoms. The molecule has 1 rings (SSSR count). The first-order valence-electron chi connectivity index (χ1n) is 6.43. The van der Waals surface area contributed by atoms with Crippen molar-refractivity contribution in [3.63, 3.8) is 0 Å². The highest BCUT2D eigenvalue weighted by atomic mass is 16.2. The molecule has 0 saturated carbocycles. The summed E-state index contributed by atoms with van der Waals surface area (Å²) in [5.74, 6) is 6.28. The second kappa shape index (κ2) is 7.06. The summed E-state index contributed by atoms with van der Waals surface area (Å²) < 4.78 is 0. The minimum Gasteiger partial charge on any atom is -0.396 e. The van der Waals surface area contributed by atoms with E-state index in [-0.39, 0.29) is 6.61 Å². The van der Waals surface area contributed by atoms with Crippen LogP contribution in [0.2, 0.25) is 0 Å². The van der Waals surface area contributed by atoms with E-state index in [9.17, 15) is 0 Å². The van der Waals surface area contributed by atoms with Crippen molar-refractivity contribution in [1.82, 2.24) is 4.98 Å². The summed E-state index contributed by atoms with van der Waals surface area (Å²) in [4.78, 5) is 4.35. The molecule has 1 aromatic heterocycles. The van der Waals surface area contributed by atoms with Gasteiger partial charge < -0.3 is 21.3 Å². The lowest BCUT2D eigenvalue weighted by Crippen LogP contribution is -2.15. The average Bonchev–Trinajstić information content (AvgIpc) is 2.42. The minimum atomic E-state index is 0.0726. The predicted octanol–water partition coefficient (Wildman–Crippen LogP) is 1.67. The SMILES string of the molecule is CNc1c(C(C)C)cc(NN)nc1C(=N)CCCO. The number of aliphatic hydroxyl groups is 1. The Morgan fingerprint density at radius 3 is 2.68 bits per heavy atom. The highest BCUT2D eigenvalue weighted by Gasteiger charge is 2.17. The molecule has 1 heterocycles. The van der Waals surface area contributed by atoms with E-state index >= 15 is 0 Å². The van der Waals surface area contributed by atoms with Gasteiger partial charge in [-0.3, -0.25) is 0 Å². The summed E-state index contributed by atoms with van der Waals surface area (Å²) in [6.45, 7) is 4.23. The first-order valence-corrected chi connectivity index (χ1v) is 6.43. The molecule has 6 N–H and O–H groups in total. The van der Waals surface area contributed by atoms with Gasteiger partial charge in [-0.25, -0.2) is 10.8 Å². The number of nitrogens with zero attached hydrogens (tertiary/aromatic N) is 1. The number of hydrogen-bond donors (Lipinski definition) is 5. The van der Waals surface area contributed by atoms with Crippen LogP contribution in [0.3, 0.4) is 0 Å². The third-order valence-electron chi connectivity index (χ3n) is 2.94. The van der Waals surface area contributed by atoms with Crippen molar-refractivity contribution >= 4 is 17.2 Å². The lowest BCUT2D eigenvalue weighted by atomic mass is 9.98. The number of hydrogen-bond acceptors (Lipinski definition) is 6. The Balaban J connectivity index is 3.26. The molecular formula is C13H23N5O. The van der Waals surface area contributed by atoms with E-state index in [1.54, 1.807) is 0 Å². The molecule has 1 aromatic rings. The smallest absolute Gasteiger partial charge is 0.141 e. The minimum absolute atomic E-state index is 0.0726. The molecule has 19 heavy (non-hydrogen) atoms. The zero-order valence-electron chi connectivity index (χ0n) is 11.7. The summed E-state index contributed by atoms with van der Waals surface area (Å²) in [5, 5.41) is 20.1. The Hall–Kier alpha value is -1.66. The monoisotopic (exact) mass is 265 g/mol. The Bertz CT molecular complexity index is 445. The maximum absolute atomic E-state index is 8.87. The van der Waals surface area contributed by atoms with Crippen LogP contribution in [0.5, 0.6) is 0 Å². The highest BCUT2D eigenvalue weighted by Crippen LogP contribution is 2.29. The van der Waals surface area contributed by atoms with Crippen LogP contribution in [0.15, 0.2) is 6.07 Å². The molecule has 106 valence electrons. The fourth-order valence-electron chi connectivity index (χ4n) is 1.95. The Labute approximate surface area is 113 Å². The molecule has 0 atom stereocenters. The molecule has 0 amide bonds. The van der Waals surface area contributed by atoms with Crippen molar-refractivity contribution in [2.45, 2.75) is 32.6 Å². The number of rotatable bonds is 7. The first-order chi connectivity index (χ1) is 9.04. The highest BCUT2D eigenvalue weighted by molar-refractivity contribution is 6.02. The molecule has 0 fully saturated rings. The van der Waals surface area contributed by atoms with E-state index < -0.39 is 0 Å². The van der Waals surface area contributed by atoms with Crippen LogP contribution < -0.4 is 16.6 Å². The number of nitrogens with two attached hydrogens (primary N) is 1. The van der Waals surface area contributed by atoms with Crippen LogP contribution in [0.4, 0.5) is 11.5 Å². The number of aliphatic hydroxyl groups excluding tert-OH is 1. The van der Waals surface area contributed by atoms with Crippen LogP contribution in [-0.4, -0.2) is 29.5 Å². The summed E-state index contributed by atoms with van der Waals surface area (Å²) >= 11 is 0. The Kier molecular flexibility index (Phi) is 5.72. The van der Waals surface area contributed by atoms with Gasteiger partial charge in [-0.1, -0.05) is 13.8 Å². The molecule has 0 unspecified atom stereocenters. The lowest BCUT2D eigenvalue weighted by molar-refractivity contribution is 0.291. The molecule has 0 radical (unpaired) electrons. The molecule has 0 aliphatic heterocycles. The summed E-state index contributed by atoms with van der Waals surface area (Å²) in [6.07, 6.45) is 1.05. The topological polar surface area (TPSA) is 107 Å². The number of anilines is 2. The molecule has 0 saturated heterocycles. The molecule has 6 nitrogen and oxygen atoms in total. The van der Waals surface area contributed by atoms with E-state index in [1.807, 2.05) is 13.1 Å². The van der Waals surface area contributed by atoms with E-state index in [2.05, 4.69) is 29.6 Å². The fraction of sp³-hybridized carbons (Fsp3) is 0.538. The summed E-state index contributed by atoms with van der Waals surface area (Å²) in [6, 6.07) is 1.89. The zero-order chi connectivity index (χ0) is 14.4. The molecular weight excluding hydrogens is 242 g/mol. The van der Waals surface area contributed by atoms with Crippen LogP contribution in [0.1, 0.15) is 43.9 Å². The second-order valence-corrected chi connectivity index (χ2v) is 4.68.